The van der Waals surface area contributed by atoms with Crippen molar-refractivity contribution in [2.24, 2.45) is 0 Å². The molecule has 1 aliphatic rings. The van der Waals surface area contributed by atoms with Gasteiger partial charge in [-0.2, -0.15) is 0 Å². The van der Waals surface area contributed by atoms with Gasteiger partial charge in [-0.15, -0.1) is 0 Å². The molecule has 0 amide bonds. The van der Waals surface area contributed by atoms with Gasteiger partial charge in [-0.1, -0.05) is 0 Å². The van der Waals surface area contributed by atoms with Crippen molar-refractivity contribution in [1.29, 1.82) is 0 Å². The molecule has 1 heterocycles. The Morgan fingerprint density at radius 3 is 2.44 bits per heavy atom. The summed E-state index contributed by atoms with van der Waals surface area (Å²) in [5, 5.41) is 0. The SMILES string of the molecule is COCCN(C)[C@@H]1CC(C)N(C(C)(C)C)C1. The zero-order chi connectivity index (χ0) is 12.3. The minimum atomic E-state index is 0.288. The molecule has 0 aliphatic carbocycles. The molecule has 1 saturated heterocycles. The van der Waals surface area contributed by atoms with Crippen LogP contribution in [0.3, 0.4) is 0 Å². The van der Waals surface area contributed by atoms with Crippen LogP contribution in [-0.4, -0.2) is 61.3 Å². The van der Waals surface area contributed by atoms with Crippen molar-refractivity contribution in [3.8, 4) is 0 Å². The fourth-order valence-corrected chi connectivity index (χ4v) is 2.67. The first-order valence-electron chi connectivity index (χ1n) is 6.32. The first-order valence-corrected chi connectivity index (χ1v) is 6.32. The second kappa shape index (κ2) is 5.48. The van der Waals surface area contributed by atoms with Gasteiger partial charge >= 0.3 is 0 Å². The molecule has 1 unspecified atom stereocenters. The van der Waals surface area contributed by atoms with Gasteiger partial charge in [0, 0.05) is 37.8 Å². The third kappa shape index (κ3) is 3.44. The van der Waals surface area contributed by atoms with E-state index in [1.165, 1.54) is 13.0 Å². The number of rotatable bonds is 4. The molecule has 0 aromatic carbocycles. The molecule has 1 aliphatic heterocycles. The van der Waals surface area contributed by atoms with Crippen LogP contribution in [-0.2, 0) is 4.74 Å². The Morgan fingerprint density at radius 2 is 2.00 bits per heavy atom. The summed E-state index contributed by atoms with van der Waals surface area (Å²) in [5.74, 6) is 0. The van der Waals surface area contributed by atoms with Crippen LogP contribution in [0.5, 0.6) is 0 Å². The summed E-state index contributed by atoms with van der Waals surface area (Å²) in [6, 6.07) is 1.37. The van der Waals surface area contributed by atoms with Crippen molar-refractivity contribution >= 4 is 0 Å². The number of ether oxygens (including phenoxy) is 1. The lowest BCUT2D eigenvalue weighted by Crippen LogP contribution is -2.45. The van der Waals surface area contributed by atoms with Crippen LogP contribution < -0.4 is 0 Å². The fraction of sp³-hybridized carbons (Fsp3) is 1.00. The highest BCUT2D eigenvalue weighted by Gasteiger charge is 2.36. The maximum absolute atomic E-state index is 5.14. The second-order valence-electron chi connectivity index (χ2n) is 6.04. The lowest BCUT2D eigenvalue weighted by molar-refractivity contribution is 0.111. The van der Waals surface area contributed by atoms with Gasteiger partial charge in [0.15, 0.2) is 0 Å². The molecule has 0 aromatic rings. The number of likely N-dealkylation sites (tertiary alicyclic amines) is 1. The van der Waals surface area contributed by atoms with Crippen LogP contribution >= 0.6 is 0 Å². The minimum Gasteiger partial charge on any atom is -0.383 e. The molecule has 16 heavy (non-hydrogen) atoms. The van der Waals surface area contributed by atoms with E-state index in [2.05, 4.69) is 44.5 Å². The Morgan fingerprint density at radius 1 is 1.38 bits per heavy atom. The summed E-state index contributed by atoms with van der Waals surface area (Å²) in [6.07, 6.45) is 1.28. The zero-order valence-electron chi connectivity index (χ0n) is 11.8. The first kappa shape index (κ1) is 13.9. The normalized spacial score (nSPS) is 27.9. The summed E-state index contributed by atoms with van der Waals surface area (Å²) >= 11 is 0. The Labute approximate surface area is 101 Å². The standard InChI is InChI=1S/C13H28N2O/c1-11-9-12(14(5)7-8-16-6)10-15(11)13(2,3)4/h11-12H,7-10H2,1-6H3/t11?,12-/m1/s1. The quantitative estimate of drug-likeness (QED) is 0.730. The summed E-state index contributed by atoms with van der Waals surface area (Å²) < 4.78 is 5.14. The van der Waals surface area contributed by atoms with E-state index in [1.807, 2.05) is 0 Å². The van der Waals surface area contributed by atoms with Crippen LogP contribution in [0.2, 0.25) is 0 Å². The fourth-order valence-electron chi connectivity index (χ4n) is 2.67. The predicted molar refractivity (Wildman–Crippen MR) is 68.8 cm³/mol. The molecule has 0 N–H and O–H groups in total. The number of methoxy groups -OCH3 is 1. The topological polar surface area (TPSA) is 15.7 Å². The van der Waals surface area contributed by atoms with E-state index in [9.17, 15) is 0 Å². The third-order valence-electron chi connectivity index (χ3n) is 3.69. The van der Waals surface area contributed by atoms with Crippen molar-refractivity contribution in [2.75, 3.05) is 33.9 Å². The summed E-state index contributed by atoms with van der Waals surface area (Å²) in [4.78, 5) is 5.05. The van der Waals surface area contributed by atoms with Crippen molar-refractivity contribution in [2.45, 2.75) is 51.7 Å². The second-order valence-corrected chi connectivity index (χ2v) is 6.04. The number of nitrogens with zero attached hydrogens (tertiary/aromatic N) is 2. The van der Waals surface area contributed by atoms with E-state index in [0.29, 0.717) is 12.1 Å². The monoisotopic (exact) mass is 228 g/mol. The summed E-state index contributed by atoms with van der Waals surface area (Å²) in [6.45, 7) is 12.3. The molecule has 1 rings (SSSR count). The minimum absolute atomic E-state index is 0.288. The van der Waals surface area contributed by atoms with Gasteiger partial charge in [-0.05, 0) is 41.2 Å². The van der Waals surface area contributed by atoms with Gasteiger partial charge in [-0.25, -0.2) is 0 Å². The van der Waals surface area contributed by atoms with E-state index in [-0.39, 0.29) is 5.54 Å². The molecule has 0 spiro atoms. The highest BCUT2D eigenvalue weighted by Crippen LogP contribution is 2.28. The van der Waals surface area contributed by atoms with Gasteiger partial charge in [-0.3, -0.25) is 9.80 Å². The van der Waals surface area contributed by atoms with Crippen molar-refractivity contribution in [3.05, 3.63) is 0 Å². The Bertz CT molecular complexity index is 212. The van der Waals surface area contributed by atoms with Crippen molar-refractivity contribution in [1.82, 2.24) is 9.80 Å². The smallest absolute Gasteiger partial charge is 0.0589 e. The van der Waals surface area contributed by atoms with Gasteiger partial charge in [0.05, 0.1) is 6.61 Å². The lowest BCUT2D eigenvalue weighted by atomic mass is 10.1. The third-order valence-corrected chi connectivity index (χ3v) is 3.69. The van der Waals surface area contributed by atoms with E-state index >= 15 is 0 Å². The van der Waals surface area contributed by atoms with Crippen LogP contribution in [0.1, 0.15) is 34.1 Å². The molecule has 1 fully saturated rings. The first-order chi connectivity index (χ1) is 7.36. The summed E-state index contributed by atoms with van der Waals surface area (Å²) in [5.41, 5.74) is 0.288. The van der Waals surface area contributed by atoms with E-state index in [4.69, 9.17) is 4.74 Å². The predicted octanol–water partition coefficient (Wildman–Crippen LogP) is 1.83. The average Bonchev–Trinajstić information content (AvgIpc) is 2.56. The van der Waals surface area contributed by atoms with E-state index < -0.39 is 0 Å². The zero-order valence-corrected chi connectivity index (χ0v) is 11.8. The molecule has 2 atom stereocenters. The van der Waals surface area contributed by atoms with E-state index in [0.717, 1.165) is 13.2 Å². The Hall–Kier alpha value is -0.120. The molecule has 0 radical (unpaired) electrons. The van der Waals surface area contributed by atoms with Crippen molar-refractivity contribution < 1.29 is 4.74 Å². The molecular formula is C13H28N2O. The van der Waals surface area contributed by atoms with Crippen LogP contribution in [0, 0.1) is 0 Å². The maximum atomic E-state index is 5.14. The van der Waals surface area contributed by atoms with Gasteiger partial charge in [0.25, 0.3) is 0 Å². The molecule has 0 saturated carbocycles. The Balaban J connectivity index is 2.49. The van der Waals surface area contributed by atoms with E-state index in [1.54, 1.807) is 7.11 Å². The molecule has 0 aromatic heterocycles. The number of hydrogen-bond acceptors (Lipinski definition) is 3. The van der Waals surface area contributed by atoms with Gasteiger partial charge in [0.1, 0.15) is 0 Å². The Kier molecular flexibility index (Phi) is 4.77. The maximum Gasteiger partial charge on any atom is 0.0589 e. The average molecular weight is 228 g/mol. The highest BCUT2D eigenvalue weighted by atomic mass is 16.5. The molecular weight excluding hydrogens is 200 g/mol. The largest absolute Gasteiger partial charge is 0.383 e. The summed E-state index contributed by atoms with van der Waals surface area (Å²) in [7, 11) is 3.98. The molecule has 96 valence electrons. The number of hydrogen-bond donors (Lipinski definition) is 0. The van der Waals surface area contributed by atoms with Gasteiger partial charge < -0.3 is 4.74 Å². The molecule has 3 nitrogen and oxygen atoms in total. The van der Waals surface area contributed by atoms with Crippen LogP contribution in [0.15, 0.2) is 0 Å². The van der Waals surface area contributed by atoms with Crippen LogP contribution in [0.25, 0.3) is 0 Å². The molecule has 3 heteroatoms. The highest BCUT2D eigenvalue weighted by molar-refractivity contribution is 4.93. The number of likely N-dealkylation sites (N-methyl/N-ethyl adjacent to an activating group) is 1. The lowest BCUT2D eigenvalue weighted by Gasteiger charge is -2.35. The molecule has 0 bridgehead atoms. The van der Waals surface area contributed by atoms with Crippen molar-refractivity contribution in [3.63, 3.8) is 0 Å². The van der Waals surface area contributed by atoms with Crippen LogP contribution in [0.4, 0.5) is 0 Å². The van der Waals surface area contributed by atoms with Gasteiger partial charge in [0.2, 0.25) is 0 Å².